The molecule has 2 N–H and O–H groups in total. The summed E-state index contributed by atoms with van der Waals surface area (Å²) in [6, 6.07) is 19.9. The average Bonchev–Trinajstić information content (AvgIpc) is 3.39. The van der Waals surface area contributed by atoms with Crippen molar-refractivity contribution in [1.82, 2.24) is 10.2 Å². The summed E-state index contributed by atoms with van der Waals surface area (Å²) >= 11 is 1.37. The van der Waals surface area contributed by atoms with E-state index in [0.29, 0.717) is 42.1 Å². The number of rotatable bonds is 5. The van der Waals surface area contributed by atoms with Crippen molar-refractivity contribution in [2.45, 2.75) is 18.9 Å². The smallest absolute Gasteiger partial charge is 0.321 e. The lowest BCUT2D eigenvalue weighted by Crippen LogP contribution is -2.47. The van der Waals surface area contributed by atoms with Gasteiger partial charge in [0.2, 0.25) is 0 Å². The van der Waals surface area contributed by atoms with Crippen molar-refractivity contribution in [2.24, 2.45) is 0 Å². The van der Waals surface area contributed by atoms with Crippen LogP contribution in [0.4, 0.5) is 16.2 Å². The van der Waals surface area contributed by atoms with Gasteiger partial charge in [-0.05, 0) is 48.6 Å². The summed E-state index contributed by atoms with van der Waals surface area (Å²) in [5, 5.41) is 7.83. The van der Waals surface area contributed by atoms with Crippen LogP contribution in [0, 0.1) is 0 Å². The van der Waals surface area contributed by atoms with Crippen LogP contribution in [0.3, 0.4) is 0 Å². The molecule has 0 bridgehead atoms. The number of carbonyl (C=O) groups is 3. The first kappa shape index (κ1) is 22.5. The lowest BCUT2D eigenvalue weighted by Gasteiger charge is -2.32. The first-order valence-electron chi connectivity index (χ1n) is 10.9. The van der Waals surface area contributed by atoms with Gasteiger partial charge in [0, 0.05) is 31.9 Å². The fraction of sp³-hybridized carbons (Fsp3) is 0.240. The molecule has 2 aromatic carbocycles. The van der Waals surface area contributed by atoms with Crippen LogP contribution in [0.5, 0.6) is 0 Å². The predicted molar refractivity (Wildman–Crippen MR) is 131 cm³/mol. The van der Waals surface area contributed by atoms with E-state index in [2.05, 4.69) is 10.6 Å². The Hall–Kier alpha value is -3.65. The molecule has 0 unspecified atom stereocenters. The third-order valence-electron chi connectivity index (χ3n) is 5.69. The number of nitrogens with zero attached hydrogens (tertiary/aromatic N) is 2. The van der Waals surface area contributed by atoms with Crippen LogP contribution in [0.15, 0.2) is 72.1 Å². The molecule has 8 heteroatoms. The molecular weight excluding hydrogens is 436 g/mol. The molecule has 170 valence electrons. The van der Waals surface area contributed by atoms with Gasteiger partial charge in [0.05, 0.1) is 16.1 Å². The maximum atomic E-state index is 13.1. The van der Waals surface area contributed by atoms with Gasteiger partial charge in [0.15, 0.2) is 0 Å². The zero-order chi connectivity index (χ0) is 23.2. The lowest BCUT2D eigenvalue weighted by molar-refractivity contribution is 0.0920. The van der Waals surface area contributed by atoms with E-state index in [-0.39, 0.29) is 23.9 Å². The average molecular weight is 463 g/mol. The van der Waals surface area contributed by atoms with E-state index in [4.69, 9.17) is 0 Å². The Morgan fingerprint density at radius 2 is 1.64 bits per heavy atom. The van der Waals surface area contributed by atoms with Crippen LogP contribution < -0.4 is 15.5 Å². The van der Waals surface area contributed by atoms with E-state index in [0.717, 1.165) is 5.69 Å². The van der Waals surface area contributed by atoms with Gasteiger partial charge >= 0.3 is 6.03 Å². The largest absolute Gasteiger partial charge is 0.349 e. The van der Waals surface area contributed by atoms with Gasteiger partial charge < -0.3 is 20.4 Å². The highest BCUT2D eigenvalue weighted by Gasteiger charge is 2.26. The molecule has 33 heavy (non-hydrogen) atoms. The van der Waals surface area contributed by atoms with Crippen molar-refractivity contribution in [3.63, 3.8) is 0 Å². The molecule has 0 saturated carbocycles. The van der Waals surface area contributed by atoms with E-state index in [1.807, 2.05) is 47.8 Å². The molecule has 7 nitrogen and oxygen atoms in total. The number of piperidine rings is 1. The molecule has 0 spiro atoms. The Morgan fingerprint density at radius 1 is 0.939 bits per heavy atom. The first-order valence-corrected chi connectivity index (χ1v) is 11.7. The van der Waals surface area contributed by atoms with Crippen molar-refractivity contribution in [3.8, 4) is 0 Å². The van der Waals surface area contributed by atoms with Gasteiger partial charge in [0.1, 0.15) is 0 Å². The van der Waals surface area contributed by atoms with Gasteiger partial charge in [-0.2, -0.15) is 0 Å². The zero-order valence-corrected chi connectivity index (χ0v) is 19.2. The molecule has 1 fully saturated rings. The number of nitrogens with one attached hydrogen (secondary N) is 2. The van der Waals surface area contributed by atoms with E-state index in [9.17, 15) is 14.4 Å². The van der Waals surface area contributed by atoms with Gasteiger partial charge in [-0.25, -0.2) is 4.79 Å². The van der Waals surface area contributed by atoms with Crippen molar-refractivity contribution in [2.75, 3.05) is 30.4 Å². The molecule has 1 aliphatic rings. The Morgan fingerprint density at radius 3 is 2.33 bits per heavy atom. The van der Waals surface area contributed by atoms with E-state index in [1.54, 1.807) is 36.2 Å². The van der Waals surface area contributed by atoms with Gasteiger partial charge in [-0.1, -0.05) is 36.4 Å². The number of carbonyl (C=O) groups excluding carboxylic acids is 3. The fourth-order valence-electron chi connectivity index (χ4n) is 3.85. The minimum atomic E-state index is -0.219. The van der Waals surface area contributed by atoms with Crippen LogP contribution in [-0.2, 0) is 0 Å². The summed E-state index contributed by atoms with van der Waals surface area (Å²) in [6.45, 7) is 1.12. The number of para-hydroxylation sites is 2. The van der Waals surface area contributed by atoms with Crippen LogP contribution >= 0.6 is 11.3 Å². The van der Waals surface area contributed by atoms with Crippen molar-refractivity contribution < 1.29 is 14.4 Å². The Bertz CT molecular complexity index is 1110. The summed E-state index contributed by atoms with van der Waals surface area (Å²) in [5.74, 6) is -0.369. The number of thiophene rings is 1. The monoisotopic (exact) mass is 462 g/mol. The second-order valence-corrected chi connectivity index (χ2v) is 8.84. The minimum Gasteiger partial charge on any atom is -0.349 e. The third-order valence-corrected chi connectivity index (χ3v) is 6.55. The topological polar surface area (TPSA) is 81.8 Å². The quantitative estimate of drug-likeness (QED) is 0.588. The normalized spacial score (nSPS) is 13.9. The molecule has 2 heterocycles. The second-order valence-electron chi connectivity index (χ2n) is 7.89. The molecule has 0 atom stereocenters. The standard InChI is InChI=1S/C25H26N4O3S/c1-28(24(31)22-12-7-17-33-22)21-11-6-5-10-20(21)23(30)26-19-13-15-29(16-14-19)25(32)27-18-8-3-2-4-9-18/h2-12,17,19H,13-16H2,1H3,(H,26,30)(H,27,32). The maximum absolute atomic E-state index is 13.1. The highest BCUT2D eigenvalue weighted by atomic mass is 32.1. The number of amides is 4. The van der Waals surface area contributed by atoms with E-state index >= 15 is 0 Å². The molecule has 1 aliphatic heterocycles. The fourth-order valence-corrected chi connectivity index (χ4v) is 4.55. The maximum Gasteiger partial charge on any atom is 0.321 e. The van der Waals surface area contributed by atoms with Crippen LogP contribution in [0.2, 0.25) is 0 Å². The number of likely N-dealkylation sites (tertiary alicyclic amines) is 1. The SMILES string of the molecule is CN(C(=O)c1cccs1)c1ccccc1C(=O)NC1CCN(C(=O)Nc2ccccc2)CC1. The van der Waals surface area contributed by atoms with Crippen molar-refractivity contribution >= 4 is 40.6 Å². The molecule has 1 aromatic heterocycles. The van der Waals surface area contributed by atoms with Gasteiger partial charge in [0.25, 0.3) is 11.8 Å². The zero-order valence-electron chi connectivity index (χ0n) is 18.4. The molecule has 1 saturated heterocycles. The number of benzene rings is 2. The van der Waals surface area contributed by atoms with Crippen molar-refractivity contribution in [1.29, 1.82) is 0 Å². The third kappa shape index (κ3) is 5.40. The van der Waals surface area contributed by atoms with Gasteiger partial charge in [-0.15, -0.1) is 11.3 Å². The van der Waals surface area contributed by atoms with Gasteiger partial charge in [-0.3, -0.25) is 9.59 Å². The minimum absolute atomic E-state index is 0.0374. The number of anilines is 2. The first-order chi connectivity index (χ1) is 16.0. The Balaban J connectivity index is 1.35. The highest BCUT2D eigenvalue weighted by molar-refractivity contribution is 7.12. The Labute approximate surface area is 197 Å². The van der Waals surface area contributed by atoms with Crippen LogP contribution in [0.1, 0.15) is 32.9 Å². The number of hydrogen-bond acceptors (Lipinski definition) is 4. The lowest BCUT2D eigenvalue weighted by atomic mass is 10.0. The van der Waals surface area contributed by atoms with Crippen molar-refractivity contribution in [3.05, 3.63) is 82.6 Å². The van der Waals surface area contributed by atoms with Crippen LogP contribution in [-0.4, -0.2) is 48.9 Å². The van der Waals surface area contributed by atoms with E-state index in [1.165, 1.54) is 16.2 Å². The Kier molecular flexibility index (Phi) is 7.04. The molecule has 4 amide bonds. The summed E-state index contributed by atoms with van der Waals surface area (Å²) < 4.78 is 0. The summed E-state index contributed by atoms with van der Waals surface area (Å²) in [5.41, 5.74) is 1.78. The summed E-state index contributed by atoms with van der Waals surface area (Å²) in [6.07, 6.45) is 1.33. The predicted octanol–water partition coefficient (Wildman–Crippen LogP) is 4.45. The highest BCUT2D eigenvalue weighted by Crippen LogP contribution is 2.23. The molecule has 0 aliphatic carbocycles. The molecule has 4 rings (SSSR count). The summed E-state index contributed by atoms with van der Waals surface area (Å²) in [7, 11) is 1.68. The molecule has 3 aromatic rings. The number of hydrogen-bond donors (Lipinski definition) is 2. The number of urea groups is 1. The van der Waals surface area contributed by atoms with E-state index < -0.39 is 0 Å². The molecular formula is C25H26N4O3S. The molecule has 0 radical (unpaired) electrons. The summed E-state index contributed by atoms with van der Waals surface area (Å²) in [4.78, 5) is 42.2. The van der Waals surface area contributed by atoms with Crippen LogP contribution in [0.25, 0.3) is 0 Å². The second kappa shape index (κ2) is 10.3.